The van der Waals surface area contributed by atoms with Crippen molar-refractivity contribution in [2.75, 3.05) is 6.54 Å². The lowest BCUT2D eigenvalue weighted by molar-refractivity contribution is -0.131. The van der Waals surface area contributed by atoms with Crippen molar-refractivity contribution in [1.29, 1.82) is 5.26 Å². The second-order valence-corrected chi connectivity index (χ2v) is 5.10. The zero-order chi connectivity index (χ0) is 13.5. The largest absolute Gasteiger partial charge is 0.338 e. The molecule has 3 nitrogen and oxygen atoms in total. The monoisotopic (exact) mass is 256 g/mol. The molecule has 0 N–H and O–H groups in total. The fourth-order valence-corrected chi connectivity index (χ4v) is 2.53. The molecule has 0 spiro atoms. The Kier molecular flexibility index (Phi) is 4.97. The quantitative estimate of drug-likeness (QED) is 0.815. The lowest BCUT2D eigenvalue weighted by Crippen LogP contribution is -2.31. The van der Waals surface area contributed by atoms with Gasteiger partial charge in [0.05, 0.1) is 11.6 Å². The number of hydrogen-bond acceptors (Lipinski definition) is 2. The summed E-state index contributed by atoms with van der Waals surface area (Å²) in [6, 6.07) is 9.75. The highest BCUT2D eigenvalue weighted by Gasteiger charge is 2.16. The Morgan fingerprint density at radius 1 is 1.11 bits per heavy atom. The van der Waals surface area contributed by atoms with E-state index in [1.54, 1.807) is 0 Å². The summed E-state index contributed by atoms with van der Waals surface area (Å²) < 4.78 is 0. The van der Waals surface area contributed by atoms with Gasteiger partial charge in [-0.1, -0.05) is 37.5 Å². The molecule has 0 bridgehead atoms. The molecule has 0 atom stereocenters. The molecular formula is C16H20N2O. The zero-order valence-electron chi connectivity index (χ0n) is 11.3. The van der Waals surface area contributed by atoms with Crippen LogP contribution in [0.4, 0.5) is 0 Å². The maximum atomic E-state index is 12.2. The van der Waals surface area contributed by atoms with Crippen LogP contribution in [0.1, 0.15) is 49.7 Å². The van der Waals surface area contributed by atoms with Crippen molar-refractivity contribution in [3.63, 3.8) is 0 Å². The highest BCUT2D eigenvalue weighted by molar-refractivity contribution is 5.76. The smallest absolute Gasteiger partial charge is 0.222 e. The van der Waals surface area contributed by atoms with E-state index < -0.39 is 0 Å². The van der Waals surface area contributed by atoms with Gasteiger partial charge in [0.1, 0.15) is 0 Å². The summed E-state index contributed by atoms with van der Waals surface area (Å²) in [6.07, 6.45) is 6.30. The minimum absolute atomic E-state index is 0.231. The topological polar surface area (TPSA) is 44.1 Å². The SMILES string of the molecule is N#Cc1ccccc1CN1CCCCCCCC1=O. The molecule has 100 valence electrons. The van der Waals surface area contributed by atoms with E-state index in [9.17, 15) is 4.79 Å². The Hall–Kier alpha value is -1.82. The standard InChI is InChI=1S/C16H20N2O/c17-12-14-8-5-6-9-15(14)13-18-11-7-3-1-2-4-10-16(18)19/h5-6,8-9H,1-4,7,10-11,13H2. The van der Waals surface area contributed by atoms with Crippen LogP contribution in [-0.2, 0) is 11.3 Å². The van der Waals surface area contributed by atoms with Gasteiger partial charge < -0.3 is 4.90 Å². The number of carbonyl (C=O) groups is 1. The first-order valence-corrected chi connectivity index (χ1v) is 7.07. The third-order valence-electron chi connectivity index (χ3n) is 3.67. The van der Waals surface area contributed by atoms with E-state index in [1.165, 1.54) is 12.8 Å². The van der Waals surface area contributed by atoms with Crippen molar-refractivity contribution in [1.82, 2.24) is 4.90 Å². The number of hydrogen-bond donors (Lipinski definition) is 0. The van der Waals surface area contributed by atoms with Crippen LogP contribution in [0, 0.1) is 11.3 Å². The maximum absolute atomic E-state index is 12.2. The molecule has 1 amide bonds. The molecule has 0 unspecified atom stereocenters. The van der Waals surface area contributed by atoms with Gasteiger partial charge in [-0.3, -0.25) is 4.79 Å². The number of benzene rings is 1. The number of nitrogens with zero attached hydrogens (tertiary/aromatic N) is 2. The van der Waals surface area contributed by atoms with Gasteiger partial charge >= 0.3 is 0 Å². The predicted molar refractivity (Wildman–Crippen MR) is 74.3 cm³/mol. The normalized spacial score (nSPS) is 17.2. The third kappa shape index (κ3) is 3.82. The fourth-order valence-electron chi connectivity index (χ4n) is 2.53. The van der Waals surface area contributed by atoms with Crippen LogP contribution in [0.15, 0.2) is 24.3 Å². The Bertz CT molecular complexity index is 476. The molecule has 2 rings (SSSR count). The number of carbonyl (C=O) groups excluding carboxylic acids is 1. The van der Waals surface area contributed by atoms with Gasteiger partial charge in [-0.25, -0.2) is 0 Å². The van der Waals surface area contributed by atoms with Crippen LogP contribution in [0.5, 0.6) is 0 Å². The number of nitriles is 1. The molecule has 1 heterocycles. The van der Waals surface area contributed by atoms with Crippen molar-refractivity contribution in [3.05, 3.63) is 35.4 Å². The first-order chi connectivity index (χ1) is 9.31. The Labute approximate surface area is 114 Å². The highest BCUT2D eigenvalue weighted by atomic mass is 16.2. The molecule has 1 saturated heterocycles. The summed E-state index contributed by atoms with van der Waals surface area (Å²) in [5, 5.41) is 9.11. The first-order valence-electron chi connectivity index (χ1n) is 7.07. The fraction of sp³-hybridized carbons (Fsp3) is 0.500. The third-order valence-corrected chi connectivity index (χ3v) is 3.67. The van der Waals surface area contributed by atoms with Gasteiger partial charge in [0.15, 0.2) is 0 Å². The minimum atomic E-state index is 0.231. The lowest BCUT2D eigenvalue weighted by atomic mass is 10.1. The van der Waals surface area contributed by atoms with Crippen LogP contribution >= 0.6 is 0 Å². The molecule has 1 aromatic carbocycles. The van der Waals surface area contributed by atoms with Gasteiger partial charge in [0, 0.05) is 19.5 Å². The summed E-state index contributed by atoms with van der Waals surface area (Å²) in [5.74, 6) is 0.231. The summed E-state index contributed by atoms with van der Waals surface area (Å²) in [7, 11) is 0. The van der Waals surface area contributed by atoms with Crippen LogP contribution in [0.2, 0.25) is 0 Å². The summed E-state index contributed by atoms with van der Waals surface area (Å²) in [6.45, 7) is 1.39. The van der Waals surface area contributed by atoms with Crippen molar-refractivity contribution in [2.45, 2.75) is 45.1 Å². The molecule has 1 aliphatic heterocycles. The van der Waals surface area contributed by atoms with Gasteiger partial charge in [0.25, 0.3) is 0 Å². The van der Waals surface area contributed by atoms with E-state index in [0.29, 0.717) is 18.5 Å². The number of amides is 1. The zero-order valence-corrected chi connectivity index (χ0v) is 11.3. The van der Waals surface area contributed by atoms with Crippen LogP contribution in [0.3, 0.4) is 0 Å². The summed E-state index contributed by atoms with van der Waals surface area (Å²) in [5.41, 5.74) is 1.63. The van der Waals surface area contributed by atoms with Crippen LogP contribution in [-0.4, -0.2) is 17.4 Å². The van der Waals surface area contributed by atoms with Crippen LogP contribution in [0.25, 0.3) is 0 Å². The maximum Gasteiger partial charge on any atom is 0.222 e. The van der Waals surface area contributed by atoms with E-state index in [1.807, 2.05) is 29.2 Å². The second kappa shape index (κ2) is 6.94. The average Bonchev–Trinajstić information content (AvgIpc) is 2.53. The molecule has 0 saturated carbocycles. The van der Waals surface area contributed by atoms with E-state index in [-0.39, 0.29) is 5.91 Å². The predicted octanol–water partition coefficient (Wildman–Crippen LogP) is 3.24. The number of rotatable bonds is 2. The Morgan fingerprint density at radius 2 is 1.84 bits per heavy atom. The second-order valence-electron chi connectivity index (χ2n) is 5.10. The highest BCUT2D eigenvalue weighted by Crippen LogP contribution is 2.16. The van der Waals surface area contributed by atoms with Crippen molar-refractivity contribution in [3.8, 4) is 6.07 Å². The van der Waals surface area contributed by atoms with Gasteiger partial charge in [-0.05, 0) is 24.5 Å². The molecule has 0 radical (unpaired) electrons. The van der Waals surface area contributed by atoms with Crippen molar-refractivity contribution in [2.24, 2.45) is 0 Å². The van der Waals surface area contributed by atoms with Crippen LogP contribution < -0.4 is 0 Å². The first kappa shape index (κ1) is 13.6. The van der Waals surface area contributed by atoms with E-state index >= 15 is 0 Å². The molecule has 1 aromatic rings. The molecule has 1 fully saturated rings. The molecule has 19 heavy (non-hydrogen) atoms. The summed E-state index contributed by atoms with van der Waals surface area (Å²) in [4.78, 5) is 14.1. The summed E-state index contributed by atoms with van der Waals surface area (Å²) >= 11 is 0. The molecule has 0 aliphatic carbocycles. The van der Waals surface area contributed by atoms with E-state index in [0.717, 1.165) is 31.4 Å². The minimum Gasteiger partial charge on any atom is -0.338 e. The molecule has 0 aromatic heterocycles. The van der Waals surface area contributed by atoms with E-state index in [4.69, 9.17) is 5.26 Å². The Morgan fingerprint density at radius 3 is 2.68 bits per heavy atom. The molecular weight excluding hydrogens is 236 g/mol. The van der Waals surface area contributed by atoms with Crippen molar-refractivity contribution < 1.29 is 4.79 Å². The average molecular weight is 256 g/mol. The van der Waals surface area contributed by atoms with Gasteiger partial charge in [-0.2, -0.15) is 5.26 Å². The Balaban J connectivity index is 2.10. The van der Waals surface area contributed by atoms with Gasteiger partial charge in [0.2, 0.25) is 5.91 Å². The van der Waals surface area contributed by atoms with Gasteiger partial charge in [-0.15, -0.1) is 0 Å². The van der Waals surface area contributed by atoms with E-state index in [2.05, 4.69) is 6.07 Å². The van der Waals surface area contributed by atoms with Crippen molar-refractivity contribution >= 4 is 5.91 Å². The molecule has 3 heteroatoms. The molecule has 1 aliphatic rings. The lowest BCUT2D eigenvalue weighted by Gasteiger charge is -2.22.